The summed E-state index contributed by atoms with van der Waals surface area (Å²) in [6.45, 7) is 1.53. The van der Waals surface area contributed by atoms with Crippen molar-refractivity contribution in [2.75, 3.05) is 0 Å². The molecule has 4 rings (SSSR count). The van der Waals surface area contributed by atoms with Gasteiger partial charge in [-0.1, -0.05) is 11.6 Å². The van der Waals surface area contributed by atoms with Crippen LogP contribution in [0.5, 0.6) is 0 Å². The minimum Gasteiger partial charge on any atom is -0.462 e. The van der Waals surface area contributed by atoms with Gasteiger partial charge >= 0.3 is 5.97 Å². The number of esters is 1. The van der Waals surface area contributed by atoms with Gasteiger partial charge in [-0.15, -0.1) is 0 Å². The molecule has 3 saturated carbocycles. The van der Waals surface area contributed by atoms with E-state index in [1.165, 1.54) is 38.2 Å². The lowest BCUT2D eigenvalue weighted by molar-refractivity contribution is -0.149. The molecule has 0 aliphatic heterocycles. The van der Waals surface area contributed by atoms with Crippen LogP contribution < -0.4 is 0 Å². The minimum atomic E-state index is -0.129. The van der Waals surface area contributed by atoms with E-state index < -0.39 is 0 Å². The second-order valence-corrected chi connectivity index (χ2v) is 7.50. The van der Waals surface area contributed by atoms with Crippen LogP contribution in [-0.2, 0) is 14.3 Å². The van der Waals surface area contributed by atoms with Gasteiger partial charge < -0.3 is 4.74 Å². The summed E-state index contributed by atoms with van der Waals surface area (Å²) in [5.74, 6) is 3.26. The van der Waals surface area contributed by atoms with Crippen LogP contribution in [0.15, 0.2) is 23.8 Å². The third kappa shape index (κ3) is 2.26. The van der Waals surface area contributed by atoms with E-state index in [4.69, 9.17) is 4.74 Å². The lowest BCUT2D eigenvalue weighted by atomic mass is 9.57. The molecule has 118 valence electrons. The van der Waals surface area contributed by atoms with Crippen molar-refractivity contribution >= 4 is 11.8 Å². The van der Waals surface area contributed by atoms with Crippen LogP contribution in [0, 0.1) is 29.6 Å². The number of ether oxygens (including phenoxy) is 1. The zero-order valence-corrected chi connectivity index (χ0v) is 13.2. The second-order valence-electron chi connectivity index (χ2n) is 7.50. The van der Waals surface area contributed by atoms with Crippen molar-refractivity contribution in [3.05, 3.63) is 23.8 Å². The van der Waals surface area contributed by atoms with Crippen molar-refractivity contribution < 1.29 is 14.3 Å². The highest BCUT2D eigenvalue weighted by Crippen LogP contribution is 2.56. The van der Waals surface area contributed by atoms with Gasteiger partial charge in [0.25, 0.3) is 0 Å². The molecule has 0 heterocycles. The van der Waals surface area contributed by atoms with Gasteiger partial charge in [0.1, 0.15) is 6.10 Å². The molecule has 4 aliphatic carbocycles. The van der Waals surface area contributed by atoms with Gasteiger partial charge in [-0.2, -0.15) is 0 Å². The number of allylic oxidation sites excluding steroid dienone is 4. The maximum absolute atomic E-state index is 11.6. The van der Waals surface area contributed by atoms with Gasteiger partial charge in [0, 0.05) is 12.8 Å². The molecule has 6 unspecified atom stereocenters. The van der Waals surface area contributed by atoms with E-state index in [2.05, 4.69) is 6.08 Å². The van der Waals surface area contributed by atoms with Gasteiger partial charge in [-0.25, -0.2) is 0 Å². The largest absolute Gasteiger partial charge is 0.462 e. The first-order valence-electron chi connectivity index (χ1n) is 8.73. The Morgan fingerprint density at radius 1 is 1.05 bits per heavy atom. The van der Waals surface area contributed by atoms with E-state index in [1.54, 1.807) is 6.08 Å². The predicted molar refractivity (Wildman–Crippen MR) is 82.9 cm³/mol. The standard InChI is InChI=1S/C19H24O3/c1-11(20)22-19-9-8-17-16-4-2-12-10-13(21)3-5-14(12)15(16)6-7-18(17)19/h3,5,10,14-19H,2,4,6-9H2,1H3. The summed E-state index contributed by atoms with van der Waals surface area (Å²) in [7, 11) is 0. The van der Waals surface area contributed by atoms with Gasteiger partial charge in [0.15, 0.2) is 5.78 Å². The van der Waals surface area contributed by atoms with Crippen molar-refractivity contribution in [2.45, 2.75) is 51.6 Å². The van der Waals surface area contributed by atoms with E-state index in [9.17, 15) is 9.59 Å². The molecule has 0 saturated heterocycles. The number of fused-ring (bicyclic) bond motifs is 5. The summed E-state index contributed by atoms with van der Waals surface area (Å²) in [5.41, 5.74) is 1.36. The molecule has 3 fully saturated rings. The highest BCUT2D eigenvalue weighted by Gasteiger charge is 2.50. The number of rotatable bonds is 1. The normalized spacial score (nSPS) is 43.0. The maximum atomic E-state index is 11.6. The molecule has 0 spiro atoms. The molecule has 0 radical (unpaired) electrons. The van der Waals surface area contributed by atoms with Gasteiger partial charge in [-0.3, -0.25) is 9.59 Å². The molecule has 22 heavy (non-hydrogen) atoms. The highest BCUT2D eigenvalue weighted by atomic mass is 16.5. The Hall–Kier alpha value is -1.38. The van der Waals surface area contributed by atoms with Crippen molar-refractivity contribution in [2.24, 2.45) is 29.6 Å². The van der Waals surface area contributed by atoms with Crippen LogP contribution in [0.3, 0.4) is 0 Å². The minimum absolute atomic E-state index is 0.129. The van der Waals surface area contributed by atoms with Crippen molar-refractivity contribution in [1.29, 1.82) is 0 Å². The third-order valence-corrected chi connectivity index (χ3v) is 6.51. The maximum Gasteiger partial charge on any atom is 0.302 e. The molecule has 0 amide bonds. The van der Waals surface area contributed by atoms with Crippen LogP contribution in [-0.4, -0.2) is 17.9 Å². The molecular formula is C19H24O3. The molecule has 0 aromatic heterocycles. The topological polar surface area (TPSA) is 43.4 Å². The van der Waals surface area contributed by atoms with Crippen molar-refractivity contribution in [1.82, 2.24) is 0 Å². The molecule has 4 aliphatic rings. The van der Waals surface area contributed by atoms with Crippen LogP contribution in [0.4, 0.5) is 0 Å². The smallest absolute Gasteiger partial charge is 0.302 e. The average Bonchev–Trinajstić information content (AvgIpc) is 2.89. The zero-order valence-electron chi connectivity index (χ0n) is 13.2. The van der Waals surface area contributed by atoms with Crippen LogP contribution >= 0.6 is 0 Å². The van der Waals surface area contributed by atoms with Gasteiger partial charge in [0.2, 0.25) is 0 Å². The SMILES string of the molecule is CC(=O)OC1CCC2C1CCC1C3C=CC(=O)C=C3CCC12. The van der Waals surface area contributed by atoms with Crippen LogP contribution in [0.25, 0.3) is 0 Å². The fourth-order valence-corrected chi connectivity index (χ4v) is 5.78. The molecule has 6 atom stereocenters. The lowest BCUT2D eigenvalue weighted by Gasteiger charge is -2.48. The number of carbonyl (C=O) groups is 2. The molecule has 0 aromatic carbocycles. The Morgan fingerprint density at radius 2 is 1.77 bits per heavy atom. The van der Waals surface area contributed by atoms with Crippen molar-refractivity contribution in [3.63, 3.8) is 0 Å². The van der Waals surface area contributed by atoms with Crippen LogP contribution in [0.1, 0.15) is 45.4 Å². The number of ketones is 1. The first kappa shape index (κ1) is 14.2. The monoisotopic (exact) mass is 300 g/mol. The van der Waals surface area contributed by atoms with Gasteiger partial charge in [0.05, 0.1) is 0 Å². The summed E-state index contributed by atoms with van der Waals surface area (Å²) in [5, 5.41) is 0. The number of hydrogen-bond donors (Lipinski definition) is 0. The average molecular weight is 300 g/mol. The zero-order chi connectivity index (χ0) is 15.3. The lowest BCUT2D eigenvalue weighted by Crippen LogP contribution is -2.42. The van der Waals surface area contributed by atoms with E-state index in [-0.39, 0.29) is 17.9 Å². The van der Waals surface area contributed by atoms with Crippen molar-refractivity contribution in [3.8, 4) is 0 Å². The molecule has 3 heteroatoms. The number of carbonyl (C=O) groups excluding carboxylic acids is 2. The Bertz CT molecular complexity index is 559. The molecule has 3 nitrogen and oxygen atoms in total. The first-order valence-corrected chi connectivity index (χ1v) is 8.73. The molecule has 0 N–H and O–H groups in total. The fourth-order valence-electron chi connectivity index (χ4n) is 5.78. The second kappa shape index (κ2) is 5.36. The van der Waals surface area contributed by atoms with Gasteiger partial charge in [-0.05, 0) is 74.3 Å². The third-order valence-electron chi connectivity index (χ3n) is 6.51. The van der Waals surface area contributed by atoms with Crippen LogP contribution in [0.2, 0.25) is 0 Å². The van der Waals surface area contributed by atoms with E-state index in [0.29, 0.717) is 17.8 Å². The summed E-state index contributed by atoms with van der Waals surface area (Å²) >= 11 is 0. The Morgan fingerprint density at radius 3 is 2.59 bits per heavy atom. The number of hydrogen-bond acceptors (Lipinski definition) is 3. The van der Waals surface area contributed by atoms with E-state index >= 15 is 0 Å². The Labute approximate surface area is 131 Å². The van der Waals surface area contributed by atoms with E-state index in [1.807, 2.05) is 6.08 Å². The quantitative estimate of drug-likeness (QED) is 0.697. The fraction of sp³-hybridized carbons (Fsp3) is 0.684. The van der Waals surface area contributed by atoms with E-state index in [0.717, 1.165) is 24.7 Å². The summed E-state index contributed by atoms with van der Waals surface area (Å²) in [6.07, 6.45) is 12.9. The predicted octanol–water partition coefficient (Wildman–Crippen LogP) is 3.45. The molecule has 0 aromatic rings. The first-order chi connectivity index (χ1) is 10.6. The highest BCUT2D eigenvalue weighted by molar-refractivity contribution is 6.00. The summed E-state index contributed by atoms with van der Waals surface area (Å²) in [4.78, 5) is 22.9. The molecular weight excluding hydrogens is 276 g/mol. The molecule has 0 bridgehead atoms. The summed E-state index contributed by atoms with van der Waals surface area (Å²) < 4.78 is 5.57. The Kier molecular flexibility index (Phi) is 3.47. The summed E-state index contributed by atoms with van der Waals surface area (Å²) in [6, 6.07) is 0. The Balaban J connectivity index is 1.53.